The molecule has 6 nitrogen and oxygen atoms in total. The minimum atomic E-state index is 0.0839. The van der Waals surface area contributed by atoms with Crippen LogP contribution >= 0.6 is 23.2 Å². The Balaban J connectivity index is 1.94. The van der Waals surface area contributed by atoms with E-state index in [-0.39, 0.29) is 11.6 Å². The Kier molecular flexibility index (Phi) is 3.44. The van der Waals surface area contributed by atoms with Crippen molar-refractivity contribution in [2.24, 2.45) is 0 Å². The van der Waals surface area contributed by atoms with E-state index in [4.69, 9.17) is 27.6 Å². The summed E-state index contributed by atoms with van der Waals surface area (Å²) in [6.07, 6.45) is 3.14. The van der Waals surface area contributed by atoms with Crippen LogP contribution in [-0.2, 0) is 0 Å². The second-order valence-electron chi connectivity index (χ2n) is 5.28. The van der Waals surface area contributed by atoms with Gasteiger partial charge in [-0.05, 0) is 36.8 Å². The first kappa shape index (κ1) is 15.0. The zero-order valence-electron chi connectivity index (χ0n) is 12.4. The van der Waals surface area contributed by atoms with Crippen molar-refractivity contribution in [3.05, 3.63) is 52.5 Å². The van der Waals surface area contributed by atoms with Crippen molar-refractivity contribution in [3.8, 4) is 22.9 Å². The van der Waals surface area contributed by atoms with Gasteiger partial charge in [-0.2, -0.15) is 0 Å². The fourth-order valence-corrected chi connectivity index (χ4v) is 3.00. The van der Waals surface area contributed by atoms with Crippen molar-refractivity contribution in [1.82, 2.24) is 19.7 Å². The Labute approximate surface area is 146 Å². The lowest BCUT2D eigenvalue weighted by Crippen LogP contribution is -1.93. The van der Waals surface area contributed by atoms with Crippen LogP contribution in [0.4, 0.5) is 0 Å². The quantitative estimate of drug-likeness (QED) is 0.573. The first-order valence-electron chi connectivity index (χ1n) is 6.97. The molecule has 24 heavy (non-hydrogen) atoms. The van der Waals surface area contributed by atoms with Crippen LogP contribution in [0.2, 0.25) is 10.0 Å². The van der Waals surface area contributed by atoms with E-state index in [1.54, 1.807) is 42.3 Å². The number of hydrogen-bond donors (Lipinski definition) is 1. The molecule has 4 aromatic rings. The first-order valence-corrected chi connectivity index (χ1v) is 7.73. The maximum atomic E-state index is 10.4. The maximum Gasteiger partial charge on any atom is 0.231 e. The number of aryl methyl sites for hydroxylation is 1. The highest BCUT2D eigenvalue weighted by Crippen LogP contribution is 2.37. The molecule has 0 saturated carbocycles. The Morgan fingerprint density at radius 2 is 1.83 bits per heavy atom. The Morgan fingerprint density at radius 1 is 1.08 bits per heavy atom. The van der Waals surface area contributed by atoms with Gasteiger partial charge in [0.05, 0.1) is 10.6 Å². The highest BCUT2D eigenvalue weighted by atomic mass is 35.5. The summed E-state index contributed by atoms with van der Waals surface area (Å²) >= 11 is 12.1. The average molecular weight is 361 g/mol. The molecule has 0 aliphatic carbocycles. The van der Waals surface area contributed by atoms with Crippen LogP contribution in [0, 0.1) is 6.92 Å². The normalized spacial score (nSPS) is 11.3. The van der Waals surface area contributed by atoms with Gasteiger partial charge in [-0.25, -0.2) is 4.98 Å². The number of aromatic hydroxyl groups is 1. The van der Waals surface area contributed by atoms with Gasteiger partial charge in [-0.3, -0.25) is 4.57 Å². The van der Waals surface area contributed by atoms with Gasteiger partial charge in [0.2, 0.25) is 5.89 Å². The van der Waals surface area contributed by atoms with E-state index >= 15 is 0 Å². The van der Waals surface area contributed by atoms with Gasteiger partial charge in [-0.1, -0.05) is 23.2 Å². The van der Waals surface area contributed by atoms with Crippen molar-refractivity contribution in [2.75, 3.05) is 0 Å². The molecule has 2 aromatic carbocycles. The maximum absolute atomic E-state index is 10.4. The molecule has 0 aliphatic heterocycles. The van der Waals surface area contributed by atoms with Crippen LogP contribution in [0.25, 0.3) is 28.2 Å². The van der Waals surface area contributed by atoms with E-state index in [0.717, 1.165) is 5.69 Å². The van der Waals surface area contributed by atoms with Crippen molar-refractivity contribution >= 4 is 34.3 Å². The standard InChI is InChI=1S/C16H10Cl2N4O2/c1-8-2-10(22-6-19-20-7-22)5-11(14(8)23)16-21-13-4-9(17)3-12(18)15(13)24-16/h2-7,23H,1H3. The van der Waals surface area contributed by atoms with Gasteiger partial charge in [0.1, 0.15) is 23.9 Å². The molecule has 0 spiro atoms. The highest BCUT2D eigenvalue weighted by molar-refractivity contribution is 6.38. The highest BCUT2D eigenvalue weighted by Gasteiger charge is 2.17. The number of fused-ring (bicyclic) bond motifs is 1. The molecule has 4 rings (SSSR count). The molecule has 0 radical (unpaired) electrons. The summed E-state index contributed by atoms with van der Waals surface area (Å²) in [7, 11) is 0. The lowest BCUT2D eigenvalue weighted by atomic mass is 10.1. The predicted molar refractivity (Wildman–Crippen MR) is 90.8 cm³/mol. The summed E-state index contributed by atoms with van der Waals surface area (Å²) in [5.41, 5.74) is 2.83. The van der Waals surface area contributed by atoms with Crippen LogP contribution in [0.1, 0.15) is 5.56 Å². The first-order chi connectivity index (χ1) is 11.5. The van der Waals surface area contributed by atoms with E-state index in [9.17, 15) is 5.11 Å². The predicted octanol–water partition coefficient (Wildman–Crippen LogP) is 4.40. The number of benzene rings is 2. The zero-order chi connectivity index (χ0) is 16.8. The molecule has 1 N–H and O–H groups in total. The molecule has 0 amide bonds. The van der Waals surface area contributed by atoms with Crippen LogP contribution < -0.4 is 0 Å². The molecule has 120 valence electrons. The topological polar surface area (TPSA) is 77.0 Å². The summed E-state index contributed by atoms with van der Waals surface area (Å²) in [4.78, 5) is 4.39. The molecule has 0 bridgehead atoms. The minimum Gasteiger partial charge on any atom is -0.507 e. The number of aromatic nitrogens is 4. The Bertz CT molecular complexity index is 1060. The number of hydrogen-bond acceptors (Lipinski definition) is 5. The number of nitrogens with zero attached hydrogens (tertiary/aromatic N) is 4. The van der Waals surface area contributed by atoms with Crippen molar-refractivity contribution in [1.29, 1.82) is 0 Å². The van der Waals surface area contributed by atoms with E-state index < -0.39 is 0 Å². The van der Waals surface area contributed by atoms with Gasteiger partial charge < -0.3 is 9.52 Å². The lowest BCUT2D eigenvalue weighted by Gasteiger charge is -2.08. The smallest absolute Gasteiger partial charge is 0.231 e. The van der Waals surface area contributed by atoms with Gasteiger partial charge >= 0.3 is 0 Å². The zero-order valence-corrected chi connectivity index (χ0v) is 13.9. The third-order valence-electron chi connectivity index (χ3n) is 3.64. The second-order valence-corrected chi connectivity index (χ2v) is 6.13. The van der Waals surface area contributed by atoms with Gasteiger partial charge in [-0.15, -0.1) is 10.2 Å². The van der Waals surface area contributed by atoms with Crippen molar-refractivity contribution in [3.63, 3.8) is 0 Å². The SMILES string of the molecule is Cc1cc(-n2cnnc2)cc(-c2nc3cc(Cl)cc(Cl)c3o2)c1O. The molecule has 0 fully saturated rings. The molecule has 0 unspecified atom stereocenters. The largest absolute Gasteiger partial charge is 0.507 e. The molecule has 2 heterocycles. The Morgan fingerprint density at radius 3 is 2.58 bits per heavy atom. The monoisotopic (exact) mass is 360 g/mol. The molecule has 0 atom stereocenters. The van der Waals surface area contributed by atoms with Crippen LogP contribution in [0.15, 0.2) is 41.3 Å². The van der Waals surface area contributed by atoms with Crippen LogP contribution in [-0.4, -0.2) is 24.9 Å². The average Bonchev–Trinajstić information content (AvgIpc) is 3.19. The number of rotatable bonds is 2. The minimum absolute atomic E-state index is 0.0839. The van der Waals surface area contributed by atoms with Gasteiger partial charge in [0, 0.05) is 10.7 Å². The molecular weight excluding hydrogens is 351 g/mol. The van der Waals surface area contributed by atoms with E-state index in [0.29, 0.717) is 32.3 Å². The van der Waals surface area contributed by atoms with Crippen LogP contribution in [0.3, 0.4) is 0 Å². The second kappa shape index (κ2) is 5.51. The molecule has 0 saturated heterocycles. The molecule has 0 aliphatic rings. The van der Waals surface area contributed by atoms with Gasteiger partial charge in [0.15, 0.2) is 5.58 Å². The fraction of sp³-hybridized carbons (Fsp3) is 0.0625. The Hall–Kier alpha value is -2.57. The summed E-state index contributed by atoms with van der Waals surface area (Å²) in [6, 6.07) is 6.79. The molecular formula is C16H10Cl2N4O2. The number of halogens is 2. The van der Waals surface area contributed by atoms with Crippen LogP contribution in [0.5, 0.6) is 5.75 Å². The summed E-state index contributed by atoms with van der Waals surface area (Å²) < 4.78 is 7.47. The van der Waals surface area contributed by atoms with E-state index in [1.165, 1.54) is 0 Å². The lowest BCUT2D eigenvalue weighted by molar-refractivity contribution is 0.470. The van der Waals surface area contributed by atoms with Crippen molar-refractivity contribution < 1.29 is 9.52 Å². The van der Waals surface area contributed by atoms with E-state index in [2.05, 4.69) is 15.2 Å². The third kappa shape index (κ3) is 2.40. The fourth-order valence-electron chi connectivity index (χ4n) is 2.48. The molecule has 8 heteroatoms. The molecule has 2 aromatic heterocycles. The summed E-state index contributed by atoms with van der Waals surface area (Å²) in [5.74, 6) is 0.338. The summed E-state index contributed by atoms with van der Waals surface area (Å²) in [5, 5.41) is 18.8. The van der Waals surface area contributed by atoms with E-state index in [1.807, 2.05) is 6.07 Å². The van der Waals surface area contributed by atoms with Crippen molar-refractivity contribution in [2.45, 2.75) is 6.92 Å². The number of phenols is 1. The summed E-state index contributed by atoms with van der Waals surface area (Å²) in [6.45, 7) is 1.79. The number of phenolic OH excluding ortho intramolecular Hbond substituents is 1. The third-order valence-corrected chi connectivity index (χ3v) is 4.14. The van der Waals surface area contributed by atoms with Gasteiger partial charge in [0.25, 0.3) is 0 Å². The number of oxazole rings is 1.